The molecular weight excluding hydrogens is 492 g/mol. The Bertz CT molecular complexity index is 1250. The van der Waals surface area contributed by atoms with Crippen molar-refractivity contribution in [2.24, 2.45) is 0 Å². The standard InChI is InChI=1S/C31H38N4O2S/c1-22-29(38-24(3)32-22)30(37)35-17-14-27(21-28(35)20-25-10-6-4-7-11-25)34-18-15-31(16-19-34,33-23(2)36)26-12-8-5-9-13-26/h4-13,27-28H,14-21H2,1-3H3,(H,33,36). The van der Waals surface area contributed by atoms with Crippen molar-refractivity contribution >= 4 is 23.2 Å². The number of nitrogens with zero attached hydrogens (tertiary/aromatic N) is 3. The minimum absolute atomic E-state index is 0.0191. The fraction of sp³-hybridized carbons (Fsp3) is 0.452. The number of likely N-dealkylation sites (tertiary alicyclic amines) is 2. The Morgan fingerprint density at radius 2 is 1.66 bits per heavy atom. The Hall–Kier alpha value is -3.03. The minimum Gasteiger partial charge on any atom is -0.347 e. The molecule has 2 amide bonds. The molecule has 0 aliphatic carbocycles. The second-order valence-electron chi connectivity index (χ2n) is 10.8. The largest absolute Gasteiger partial charge is 0.347 e. The zero-order chi connectivity index (χ0) is 26.7. The van der Waals surface area contributed by atoms with E-state index in [-0.39, 0.29) is 23.4 Å². The molecule has 0 radical (unpaired) electrons. The van der Waals surface area contributed by atoms with Gasteiger partial charge in [0.1, 0.15) is 4.88 Å². The fourth-order valence-corrected chi connectivity index (χ4v) is 7.30. The number of aryl methyl sites for hydroxylation is 2. The van der Waals surface area contributed by atoms with Crippen LogP contribution in [0.4, 0.5) is 0 Å². The molecular formula is C31H38N4O2S. The maximum atomic E-state index is 13.7. The number of carbonyl (C=O) groups is 2. The zero-order valence-corrected chi connectivity index (χ0v) is 23.5. The predicted molar refractivity (Wildman–Crippen MR) is 152 cm³/mol. The molecule has 2 aliphatic heterocycles. The number of rotatable bonds is 6. The molecule has 2 fully saturated rings. The third kappa shape index (κ3) is 5.69. The molecule has 3 heterocycles. The highest BCUT2D eigenvalue weighted by Crippen LogP contribution is 2.36. The van der Waals surface area contributed by atoms with E-state index in [1.165, 1.54) is 22.5 Å². The van der Waals surface area contributed by atoms with Crippen molar-refractivity contribution in [2.75, 3.05) is 19.6 Å². The topological polar surface area (TPSA) is 65.5 Å². The van der Waals surface area contributed by atoms with E-state index in [1.807, 2.05) is 26.0 Å². The maximum Gasteiger partial charge on any atom is 0.266 e. The van der Waals surface area contributed by atoms with Gasteiger partial charge in [0.25, 0.3) is 5.91 Å². The van der Waals surface area contributed by atoms with Crippen molar-refractivity contribution in [1.29, 1.82) is 0 Å². The molecule has 1 N–H and O–H groups in total. The molecule has 3 aromatic rings. The van der Waals surface area contributed by atoms with Crippen LogP contribution in [0, 0.1) is 13.8 Å². The summed E-state index contributed by atoms with van der Waals surface area (Å²) in [5.41, 5.74) is 2.97. The van der Waals surface area contributed by atoms with Gasteiger partial charge in [-0.15, -0.1) is 11.3 Å². The molecule has 200 valence electrons. The van der Waals surface area contributed by atoms with Crippen molar-refractivity contribution in [3.05, 3.63) is 87.4 Å². The van der Waals surface area contributed by atoms with Crippen molar-refractivity contribution in [1.82, 2.24) is 20.1 Å². The highest BCUT2D eigenvalue weighted by molar-refractivity contribution is 7.13. The number of hydrogen-bond acceptors (Lipinski definition) is 5. The van der Waals surface area contributed by atoms with E-state index in [0.29, 0.717) is 6.04 Å². The highest BCUT2D eigenvalue weighted by Gasteiger charge is 2.41. The van der Waals surface area contributed by atoms with E-state index in [4.69, 9.17) is 0 Å². The van der Waals surface area contributed by atoms with Gasteiger partial charge in [0.05, 0.1) is 16.2 Å². The quantitative estimate of drug-likeness (QED) is 0.481. The number of piperidine rings is 2. The van der Waals surface area contributed by atoms with Crippen LogP contribution in [0.15, 0.2) is 60.7 Å². The van der Waals surface area contributed by atoms with Crippen LogP contribution in [0.5, 0.6) is 0 Å². The van der Waals surface area contributed by atoms with Gasteiger partial charge in [-0.3, -0.25) is 9.59 Å². The van der Waals surface area contributed by atoms with Crippen molar-refractivity contribution in [2.45, 2.75) is 70.5 Å². The number of carbonyl (C=O) groups excluding carboxylic acids is 2. The molecule has 2 saturated heterocycles. The third-order valence-corrected chi connectivity index (χ3v) is 9.33. The Labute approximate surface area is 230 Å². The number of aromatic nitrogens is 1. The number of nitrogens with one attached hydrogen (secondary N) is 1. The summed E-state index contributed by atoms with van der Waals surface area (Å²) >= 11 is 1.51. The van der Waals surface area contributed by atoms with E-state index in [9.17, 15) is 9.59 Å². The van der Waals surface area contributed by atoms with Gasteiger partial charge in [-0.25, -0.2) is 4.98 Å². The minimum atomic E-state index is -0.314. The number of amides is 2. The lowest BCUT2D eigenvalue weighted by Gasteiger charge is -2.48. The molecule has 0 saturated carbocycles. The SMILES string of the molecule is CC(=O)NC1(c2ccccc2)CCN(C2CCN(C(=O)c3sc(C)nc3C)C(Cc3ccccc3)C2)CC1. The molecule has 5 rings (SSSR count). The lowest BCUT2D eigenvalue weighted by Crippen LogP contribution is -2.57. The summed E-state index contributed by atoms with van der Waals surface area (Å²) in [6.45, 7) is 8.14. The van der Waals surface area contributed by atoms with Crippen LogP contribution in [-0.2, 0) is 16.8 Å². The van der Waals surface area contributed by atoms with Crippen molar-refractivity contribution in [3.63, 3.8) is 0 Å². The van der Waals surface area contributed by atoms with Gasteiger partial charge in [0, 0.05) is 38.6 Å². The summed E-state index contributed by atoms with van der Waals surface area (Å²) in [7, 11) is 0. The first kappa shape index (κ1) is 26.6. The van der Waals surface area contributed by atoms with Gasteiger partial charge in [-0.2, -0.15) is 0 Å². The van der Waals surface area contributed by atoms with Gasteiger partial charge >= 0.3 is 0 Å². The molecule has 2 aromatic carbocycles. The van der Waals surface area contributed by atoms with Crippen LogP contribution in [0.25, 0.3) is 0 Å². The van der Waals surface area contributed by atoms with Crippen molar-refractivity contribution in [3.8, 4) is 0 Å². The van der Waals surface area contributed by atoms with E-state index >= 15 is 0 Å². The Morgan fingerprint density at radius 1 is 1.00 bits per heavy atom. The molecule has 38 heavy (non-hydrogen) atoms. The second-order valence-corrected chi connectivity index (χ2v) is 12.0. The third-order valence-electron chi connectivity index (χ3n) is 8.27. The van der Waals surface area contributed by atoms with Crippen molar-refractivity contribution < 1.29 is 9.59 Å². The summed E-state index contributed by atoms with van der Waals surface area (Å²) in [6, 6.07) is 21.5. The molecule has 6 nitrogen and oxygen atoms in total. The normalized spacial score (nSPS) is 21.7. The van der Waals surface area contributed by atoms with Gasteiger partial charge in [0.15, 0.2) is 0 Å². The van der Waals surface area contributed by atoms with Crippen LogP contribution < -0.4 is 5.32 Å². The average molecular weight is 531 g/mol. The summed E-state index contributed by atoms with van der Waals surface area (Å²) in [4.78, 5) is 35.9. The monoisotopic (exact) mass is 530 g/mol. The van der Waals surface area contributed by atoms with E-state index in [2.05, 4.69) is 68.6 Å². The fourth-order valence-electron chi connectivity index (χ4n) is 6.42. The van der Waals surface area contributed by atoms with Gasteiger partial charge < -0.3 is 15.1 Å². The van der Waals surface area contributed by atoms with Gasteiger partial charge in [-0.05, 0) is 57.1 Å². The molecule has 2 unspecified atom stereocenters. The highest BCUT2D eigenvalue weighted by atomic mass is 32.1. The molecule has 2 aliphatic rings. The number of benzene rings is 2. The first-order valence-electron chi connectivity index (χ1n) is 13.7. The molecule has 7 heteroatoms. The molecule has 2 atom stereocenters. The lowest BCUT2D eigenvalue weighted by atomic mass is 9.79. The number of thiazole rings is 1. The summed E-state index contributed by atoms with van der Waals surface area (Å²) < 4.78 is 0. The van der Waals surface area contributed by atoms with Crippen LogP contribution in [0.3, 0.4) is 0 Å². The molecule has 1 aromatic heterocycles. The molecule has 0 spiro atoms. The number of hydrogen-bond donors (Lipinski definition) is 1. The second kappa shape index (κ2) is 11.4. The first-order valence-corrected chi connectivity index (χ1v) is 14.5. The van der Waals surface area contributed by atoms with Gasteiger partial charge in [0.2, 0.25) is 5.91 Å². The molecule has 0 bridgehead atoms. The van der Waals surface area contributed by atoms with Gasteiger partial charge in [-0.1, -0.05) is 60.7 Å². The van der Waals surface area contributed by atoms with Crippen LogP contribution in [0.2, 0.25) is 0 Å². The first-order chi connectivity index (χ1) is 18.3. The van der Waals surface area contributed by atoms with Crippen LogP contribution in [0.1, 0.15) is 64.1 Å². The lowest BCUT2D eigenvalue weighted by molar-refractivity contribution is -0.121. The van der Waals surface area contributed by atoms with Crippen LogP contribution >= 0.6 is 11.3 Å². The predicted octanol–water partition coefficient (Wildman–Crippen LogP) is 5.10. The van der Waals surface area contributed by atoms with Crippen LogP contribution in [-0.4, -0.2) is 58.3 Å². The maximum absolute atomic E-state index is 13.7. The van der Waals surface area contributed by atoms with E-state index in [0.717, 1.165) is 67.3 Å². The average Bonchev–Trinajstić information content (AvgIpc) is 3.27. The zero-order valence-electron chi connectivity index (χ0n) is 22.7. The smallest absolute Gasteiger partial charge is 0.266 e. The van der Waals surface area contributed by atoms with E-state index in [1.54, 1.807) is 6.92 Å². The summed E-state index contributed by atoms with van der Waals surface area (Å²) in [6.07, 6.45) is 4.55. The summed E-state index contributed by atoms with van der Waals surface area (Å²) in [5.74, 6) is 0.144. The van der Waals surface area contributed by atoms with E-state index < -0.39 is 0 Å². The Morgan fingerprint density at radius 3 is 2.26 bits per heavy atom. The summed E-state index contributed by atoms with van der Waals surface area (Å²) in [5, 5.41) is 4.24. The Balaban J connectivity index is 1.33. The Kier molecular flexibility index (Phi) is 7.96.